The summed E-state index contributed by atoms with van der Waals surface area (Å²) in [5.41, 5.74) is 1.00. The highest BCUT2D eigenvalue weighted by molar-refractivity contribution is 8.03. The van der Waals surface area contributed by atoms with E-state index in [1.54, 1.807) is 11.8 Å². The average molecular weight is 590 g/mol. The largest absolute Gasteiger partial charge is 0.457 e. The molecule has 41 heavy (non-hydrogen) atoms. The summed E-state index contributed by atoms with van der Waals surface area (Å²) in [6, 6.07) is -0.690. The average Bonchev–Trinajstić information content (AvgIpc) is 3.43. The summed E-state index contributed by atoms with van der Waals surface area (Å²) in [7, 11) is 0. The number of carbonyl (C=O) groups is 4. The molecule has 0 unspecified atom stereocenters. The Morgan fingerprint density at radius 1 is 1.12 bits per heavy atom. The number of alkyl carbamates (subject to hydrolysis) is 1. The molecule has 3 aliphatic rings. The minimum Gasteiger partial charge on any atom is -0.457 e. The Labute approximate surface area is 244 Å². The molecule has 0 aromatic carbocycles. The van der Waals surface area contributed by atoms with Gasteiger partial charge in [0.25, 0.3) is 0 Å². The second-order valence-electron chi connectivity index (χ2n) is 10.2. The van der Waals surface area contributed by atoms with Crippen LogP contribution in [0.5, 0.6) is 0 Å². The van der Waals surface area contributed by atoms with Crippen LogP contribution in [-0.4, -0.2) is 95.3 Å². The summed E-state index contributed by atoms with van der Waals surface area (Å²) in [5.74, 6) is -1.76. The Bertz CT molecular complexity index is 1130. The Balaban J connectivity index is 1.83. The first-order valence-electron chi connectivity index (χ1n) is 13.5. The number of aliphatic hydroxyl groups is 1. The van der Waals surface area contributed by atoms with E-state index in [9.17, 15) is 24.3 Å². The van der Waals surface area contributed by atoms with E-state index in [0.717, 1.165) is 5.57 Å². The molecule has 0 bridgehead atoms. The molecule has 2 fully saturated rings. The molecule has 0 aromatic heterocycles. The predicted octanol–water partition coefficient (Wildman–Crippen LogP) is 3.14. The fourth-order valence-electron chi connectivity index (χ4n) is 5.33. The van der Waals surface area contributed by atoms with Crippen molar-refractivity contribution in [2.75, 3.05) is 32.9 Å². The smallest absolute Gasteiger partial charge is 0.410 e. The first-order chi connectivity index (χ1) is 19.5. The van der Waals surface area contributed by atoms with E-state index < -0.39 is 30.2 Å². The lowest BCUT2D eigenvalue weighted by Crippen LogP contribution is -2.63. The number of nitrogens with one attached hydrogen (secondary N) is 1. The molecule has 0 saturated carbocycles. The van der Waals surface area contributed by atoms with Gasteiger partial charge in [0.15, 0.2) is 0 Å². The van der Waals surface area contributed by atoms with E-state index in [0.29, 0.717) is 17.9 Å². The van der Waals surface area contributed by atoms with E-state index in [4.69, 9.17) is 14.2 Å². The summed E-state index contributed by atoms with van der Waals surface area (Å²) in [6.45, 7) is 16.7. The van der Waals surface area contributed by atoms with Gasteiger partial charge in [-0.25, -0.2) is 14.4 Å². The zero-order valence-corrected chi connectivity index (χ0v) is 24.6. The van der Waals surface area contributed by atoms with Crippen molar-refractivity contribution in [2.45, 2.75) is 50.6 Å². The number of rotatable bonds is 13. The van der Waals surface area contributed by atoms with Gasteiger partial charge in [-0.1, -0.05) is 56.5 Å². The normalized spacial score (nSPS) is 26.1. The van der Waals surface area contributed by atoms with E-state index in [2.05, 4.69) is 25.1 Å². The number of amides is 3. The molecule has 0 aromatic rings. The molecule has 0 radical (unpaired) electrons. The summed E-state index contributed by atoms with van der Waals surface area (Å²) in [6.07, 6.45) is 4.91. The van der Waals surface area contributed by atoms with Gasteiger partial charge in [-0.05, 0) is 20.3 Å². The minimum atomic E-state index is -0.859. The highest BCUT2D eigenvalue weighted by atomic mass is 32.2. The third-order valence-corrected chi connectivity index (χ3v) is 8.61. The van der Waals surface area contributed by atoms with E-state index in [1.807, 2.05) is 19.9 Å². The van der Waals surface area contributed by atoms with E-state index in [1.165, 1.54) is 34.9 Å². The molecule has 12 heteroatoms. The fraction of sp³-hybridized carbons (Fsp3) is 0.517. The number of fused-ring (bicyclic) bond motifs is 1. The Kier molecular flexibility index (Phi) is 11.2. The standard InChI is InChI=1S/C29H39N3O8S/c1-7-10-38-27(35)24-25(18(5)23-22(19(6)33)26(34)32(23)24)41-21-14-20(31(16-21)29(37)40-12-9-3)13-17(4)15-30-28(36)39-11-8-2/h7-9,13,18-23,33H,1-3,10-12,14-16H2,4-6H3,(H,30,36)/b17-13+/t18-,19-,20-,21+,22-,23-/m1/s1. The van der Waals surface area contributed by atoms with Gasteiger partial charge in [0.05, 0.1) is 24.1 Å². The first-order valence-corrected chi connectivity index (χ1v) is 14.4. The third kappa shape index (κ3) is 7.23. The first kappa shape index (κ1) is 32.0. The molecule has 0 aliphatic carbocycles. The number of likely N-dealkylation sites (tertiary alicyclic amines) is 1. The van der Waals surface area contributed by atoms with Gasteiger partial charge in [0.1, 0.15) is 25.5 Å². The second-order valence-corrected chi connectivity index (χ2v) is 11.5. The molecule has 2 N–H and O–H groups in total. The van der Waals surface area contributed by atoms with Gasteiger partial charge >= 0.3 is 18.2 Å². The summed E-state index contributed by atoms with van der Waals surface area (Å²) >= 11 is 1.44. The third-order valence-electron chi connectivity index (χ3n) is 7.11. The molecular formula is C29H39N3O8S. The number of esters is 1. The Morgan fingerprint density at radius 2 is 1.76 bits per heavy atom. The number of hydrogen-bond acceptors (Lipinski definition) is 9. The van der Waals surface area contributed by atoms with E-state index >= 15 is 0 Å². The zero-order chi connectivity index (χ0) is 30.3. The topological polar surface area (TPSA) is 135 Å². The molecule has 3 amide bonds. The van der Waals surface area contributed by atoms with Crippen molar-refractivity contribution in [1.29, 1.82) is 0 Å². The van der Waals surface area contributed by atoms with Crippen LogP contribution in [-0.2, 0) is 23.8 Å². The van der Waals surface area contributed by atoms with Crippen molar-refractivity contribution in [3.63, 3.8) is 0 Å². The van der Waals surface area contributed by atoms with Crippen LogP contribution in [0.25, 0.3) is 0 Å². The second kappa shape index (κ2) is 14.4. The van der Waals surface area contributed by atoms with Crippen molar-refractivity contribution >= 4 is 35.8 Å². The predicted molar refractivity (Wildman–Crippen MR) is 154 cm³/mol. The molecule has 224 valence electrons. The number of carbonyl (C=O) groups excluding carboxylic acids is 4. The van der Waals surface area contributed by atoms with Crippen LogP contribution in [0.2, 0.25) is 0 Å². The van der Waals surface area contributed by atoms with Gasteiger partial charge in [0, 0.05) is 29.2 Å². The highest BCUT2D eigenvalue weighted by Gasteiger charge is 2.60. The van der Waals surface area contributed by atoms with Gasteiger partial charge < -0.3 is 34.4 Å². The fourth-order valence-corrected chi connectivity index (χ4v) is 6.86. The van der Waals surface area contributed by atoms with Crippen molar-refractivity contribution in [3.05, 3.63) is 60.2 Å². The number of aliphatic hydroxyl groups excluding tert-OH is 1. The van der Waals surface area contributed by atoms with Crippen molar-refractivity contribution < 1.29 is 38.5 Å². The zero-order valence-electron chi connectivity index (χ0n) is 23.7. The van der Waals surface area contributed by atoms with Crippen LogP contribution >= 0.6 is 11.8 Å². The number of thioether (sulfide) groups is 1. The number of nitrogens with zero attached hydrogens (tertiary/aromatic N) is 2. The van der Waals surface area contributed by atoms with Crippen molar-refractivity contribution in [2.24, 2.45) is 11.8 Å². The van der Waals surface area contributed by atoms with Crippen LogP contribution in [0.3, 0.4) is 0 Å². The molecular weight excluding hydrogens is 550 g/mol. The molecule has 11 nitrogen and oxygen atoms in total. The molecule has 2 saturated heterocycles. The quantitative estimate of drug-likeness (QED) is 0.144. The number of β-lactam (4-membered cyclic amide) rings is 1. The van der Waals surface area contributed by atoms with Crippen LogP contribution in [0.1, 0.15) is 27.2 Å². The number of hydrogen-bond donors (Lipinski definition) is 2. The maximum atomic E-state index is 13.1. The van der Waals surface area contributed by atoms with Gasteiger partial charge in [-0.15, -0.1) is 11.8 Å². The highest BCUT2D eigenvalue weighted by Crippen LogP contribution is 2.52. The Hall–Kier alpha value is -3.51. The molecule has 3 heterocycles. The minimum absolute atomic E-state index is 0.00511. The van der Waals surface area contributed by atoms with Crippen LogP contribution < -0.4 is 5.32 Å². The van der Waals surface area contributed by atoms with Crippen molar-refractivity contribution in [1.82, 2.24) is 15.1 Å². The maximum absolute atomic E-state index is 13.1. The van der Waals surface area contributed by atoms with Crippen molar-refractivity contribution in [3.8, 4) is 0 Å². The SMILES string of the molecule is C=CCOC(=O)NC/C(C)=C/[C@@H]1C[C@H](SC2=C(C(=O)OCC=C)N3C(=O)[C@H]([C@@H](C)O)[C@H]3[C@H]2C)CN1C(=O)OCC=C. The monoisotopic (exact) mass is 589 g/mol. The maximum Gasteiger partial charge on any atom is 0.410 e. The van der Waals surface area contributed by atoms with Gasteiger partial charge in [-0.2, -0.15) is 0 Å². The van der Waals surface area contributed by atoms with E-state index in [-0.39, 0.29) is 61.2 Å². The Morgan fingerprint density at radius 3 is 2.39 bits per heavy atom. The van der Waals surface area contributed by atoms with Crippen LogP contribution in [0.15, 0.2) is 60.2 Å². The molecule has 0 spiro atoms. The molecule has 3 rings (SSSR count). The lowest BCUT2D eigenvalue weighted by Gasteiger charge is -2.46. The van der Waals surface area contributed by atoms with Crippen LogP contribution in [0.4, 0.5) is 9.59 Å². The lowest BCUT2D eigenvalue weighted by atomic mass is 9.79. The lowest BCUT2D eigenvalue weighted by molar-refractivity contribution is -0.164. The molecule has 3 aliphatic heterocycles. The van der Waals surface area contributed by atoms with Gasteiger partial charge in [-0.3, -0.25) is 4.79 Å². The summed E-state index contributed by atoms with van der Waals surface area (Å²) < 4.78 is 15.6. The summed E-state index contributed by atoms with van der Waals surface area (Å²) in [5, 5.41) is 12.8. The summed E-state index contributed by atoms with van der Waals surface area (Å²) in [4.78, 5) is 54.5. The molecule has 6 atom stereocenters. The van der Waals surface area contributed by atoms with Crippen LogP contribution in [0, 0.1) is 11.8 Å². The van der Waals surface area contributed by atoms with Gasteiger partial charge in [0.2, 0.25) is 5.91 Å². The number of ether oxygens (including phenoxy) is 3.